The summed E-state index contributed by atoms with van der Waals surface area (Å²) in [5, 5.41) is 10.0. The topological polar surface area (TPSA) is 82.3 Å². The highest BCUT2D eigenvalue weighted by atomic mass is 16.5. The van der Waals surface area contributed by atoms with Gasteiger partial charge in [0.05, 0.1) is 35.5 Å². The Morgan fingerprint density at radius 3 is 2.06 bits per heavy atom. The van der Waals surface area contributed by atoms with Gasteiger partial charge in [0.2, 0.25) is 5.75 Å². The zero-order valence-corrected chi connectivity index (χ0v) is 20.5. The Morgan fingerprint density at radius 1 is 0.882 bits per heavy atom. The number of methoxy groups -OCH3 is 5. The van der Waals surface area contributed by atoms with Crippen LogP contribution < -0.4 is 23.7 Å². The fraction of sp³-hybridized carbons (Fsp3) is 0.333. The molecule has 0 aliphatic rings. The molecule has 0 spiro atoms. The van der Waals surface area contributed by atoms with Crippen molar-refractivity contribution in [3.8, 4) is 34.8 Å². The molecule has 2 aromatic carbocycles. The molecular formula is C27H32N2O5. The summed E-state index contributed by atoms with van der Waals surface area (Å²) in [6, 6.07) is 11.4. The Kier molecular flexibility index (Phi) is 10.5. The van der Waals surface area contributed by atoms with Crippen LogP contribution in [0.15, 0.2) is 48.0 Å². The second kappa shape index (κ2) is 13.6. The van der Waals surface area contributed by atoms with Crippen molar-refractivity contribution >= 4 is 17.4 Å². The molecule has 0 amide bonds. The first kappa shape index (κ1) is 26.3. The van der Waals surface area contributed by atoms with Crippen molar-refractivity contribution in [2.75, 3.05) is 42.1 Å². The lowest BCUT2D eigenvalue weighted by molar-refractivity contribution is 0.324. The van der Waals surface area contributed by atoms with Gasteiger partial charge in [-0.2, -0.15) is 5.26 Å². The minimum absolute atomic E-state index is 0.308. The largest absolute Gasteiger partial charge is 0.493 e. The number of aliphatic imine (C=N–C) groups is 1. The monoisotopic (exact) mass is 464 g/mol. The molecule has 0 unspecified atom stereocenters. The molecule has 34 heavy (non-hydrogen) atoms. The second-order valence-electron chi connectivity index (χ2n) is 7.21. The molecule has 0 N–H and O–H groups in total. The lowest BCUT2D eigenvalue weighted by atomic mass is 9.97. The predicted octanol–water partition coefficient (Wildman–Crippen LogP) is 5.59. The van der Waals surface area contributed by atoms with E-state index in [4.69, 9.17) is 23.7 Å². The number of allylic oxidation sites excluding steroid dienone is 2. The minimum Gasteiger partial charge on any atom is -0.493 e. The maximum Gasteiger partial charge on any atom is 0.203 e. The first-order valence-electron chi connectivity index (χ1n) is 10.9. The summed E-state index contributed by atoms with van der Waals surface area (Å²) >= 11 is 0. The highest BCUT2D eigenvalue weighted by Gasteiger charge is 2.18. The van der Waals surface area contributed by atoms with Crippen LogP contribution >= 0.6 is 0 Å². The third-order valence-electron chi connectivity index (χ3n) is 5.14. The maximum absolute atomic E-state index is 10.0. The van der Waals surface area contributed by atoms with Crippen molar-refractivity contribution in [3.05, 3.63) is 54.1 Å². The van der Waals surface area contributed by atoms with Gasteiger partial charge in [-0.3, -0.25) is 4.99 Å². The van der Waals surface area contributed by atoms with Gasteiger partial charge in [0.1, 0.15) is 11.8 Å². The van der Waals surface area contributed by atoms with Gasteiger partial charge in [-0.05, 0) is 60.7 Å². The molecule has 7 heteroatoms. The number of nitriles is 1. The highest BCUT2D eigenvalue weighted by molar-refractivity contribution is 6.34. The van der Waals surface area contributed by atoms with Gasteiger partial charge in [0.15, 0.2) is 23.0 Å². The van der Waals surface area contributed by atoms with Crippen LogP contribution in [-0.2, 0) is 0 Å². The zero-order valence-electron chi connectivity index (χ0n) is 20.5. The smallest absolute Gasteiger partial charge is 0.203 e. The predicted molar refractivity (Wildman–Crippen MR) is 135 cm³/mol. The molecule has 180 valence electrons. The quantitative estimate of drug-likeness (QED) is 0.166. The van der Waals surface area contributed by atoms with Crippen molar-refractivity contribution in [1.29, 1.82) is 5.26 Å². The third kappa shape index (κ3) is 6.55. The van der Waals surface area contributed by atoms with E-state index >= 15 is 0 Å². The Labute approximate surface area is 201 Å². The van der Waals surface area contributed by atoms with Gasteiger partial charge < -0.3 is 23.7 Å². The van der Waals surface area contributed by atoms with Crippen molar-refractivity contribution in [3.63, 3.8) is 0 Å². The number of hydrogen-bond donors (Lipinski definition) is 0. The number of ether oxygens (including phenoxy) is 5. The summed E-state index contributed by atoms with van der Waals surface area (Å²) < 4.78 is 27.3. The van der Waals surface area contributed by atoms with Gasteiger partial charge >= 0.3 is 0 Å². The minimum atomic E-state index is 0.308. The van der Waals surface area contributed by atoms with Gasteiger partial charge in [0, 0.05) is 12.1 Å². The van der Waals surface area contributed by atoms with Crippen LogP contribution in [0.1, 0.15) is 30.4 Å². The van der Waals surface area contributed by atoms with E-state index in [0.717, 1.165) is 24.8 Å². The fourth-order valence-electron chi connectivity index (χ4n) is 3.41. The molecule has 0 saturated carbocycles. The molecule has 0 fully saturated rings. The fourth-order valence-corrected chi connectivity index (χ4v) is 3.41. The summed E-state index contributed by atoms with van der Waals surface area (Å²) in [6.45, 7) is 4.28. The summed E-state index contributed by atoms with van der Waals surface area (Å²) in [4.78, 5) is 4.60. The average Bonchev–Trinajstić information content (AvgIpc) is 2.88. The molecule has 0 bridgehead atoms. The molecule has 0 aliphatic heterocycles. The summed E-state index contributed by atoms with van der Waals surface area (Å²) in [5.74, 6) is 2.64. The van der Waals surface area contributed by atoms with E-state index in [1.165, 1.54) is 0 Å². The Hall–Kier alpha value is -3.92. The van der Waals surface area contributed by atoms with E-state index in [1.807, 2.05) is 30.4 Å². The van der Waals surface area contributed by atoms with Crippen molar-refractivity contribution in [2.45, 2.75) is 19.3 Å². The number of hydrogen-bond acceptors (Lipinski definition) is 7. The lowest BCUT2D eigenvalue weighted by Crippen LogP contribution is -2.04. The standard InChI is InChI=1S/C27H32N2O5/c1-7-8-9-10-13-29-22(18-28)21(14-19-11-12-23(30-2)24(15-19)31-3)20-16-25(32-4)27(34-6)26(17-20)33-5/h7,11-12,14-17H,1,8-10,13H2,2-6H3/b21-14+,29-22-. The Balaban J connectivity index is 2.67. The summed E-state index contributed by atoms with van der Waals surface area (Å²) in [5.41, 5.74) is 2.45. The van der Waals surface area contributed by atoms with E-state index in [2.05, 4.69) is 17.6 Å². The van der Waals surface area contributed by atoms with E-state index in [0.29, 0.717) is 52.1 Å². The molecule has 0 saturated heterocycles. The van der Waals surface area contributed by atoms with Gasteiger partial charge in [-0.25, -0.2) is 0 Å². The molecular weight excluding hydrogens is 432 g/mol. The number of rotatable bonds is 13. The SMILES string of the molecule is C=CCCCC/N=C(C#N)\C(=C\c1ccc(OC)c(OC)c1)c1cc(OC)c(OC)c(OC)c1. The van der Waals surface area contributed by atoms with E-state index in [1.54, 1.807) is 47.7 Å². The Bertz CT molecular complexity index is 1060. The van der Waals surface area contributed by atoms with Crippen LogP contribution in [0, 0.1) is 11.3 Å². The van der Waals surface area contributed by atoms with E-state index in [-0.39, 0.29) is 0 Å². The third-order valence-corrected chi connectivity index (χ3v) is 5.14. The van der Waals surface area contributed by atoms with Gasteiger partial charge in [-0.1, -0.05) is 12.1 Å². The van der Waals surface area contributed by atoms with Gasteiger partial charge in [-0.15, -0.1) is 6.58 Å². The molecule has 2 rings (SSSR count). The molecule has 7 nitrogen and oxygen atoms in total. The maximum atomic E-state index is 10.0. The number of benzene rings is 2. The average molecular weight is 465 g/mol. The molecule has 0 radical (unpaired) electrons. The summed E-state index contributed by atoms with van der Waals surface area (Å²) in [6.07, 6.45) is 6.50. The second-order valence-corrected chi connectivity index (χ2v) is 7.21. The van der Waals surface area contributed by atoms with Crippen LogP contribution in [0.25, 0.3) is 11.6 Å². The number of unbranched alkanes of at least 4 members (excludes halogenated alkanes) is 2. The highest BCUT2D eigenvalue weighted by Crippen LogP contribution is 2.40. The van der Waals surface area contributed by atoms with Crippen molar-refractivity contribution in [2.24, 2.45) is 4.99 Å². The first-order chi connectivity index (χ1) is 16.6. The Morgan fingerprint density at radius 2 is 1.53 bits per heavy atom. The number of nitrogens with zero attached hydrogens (tertiary/aromatic N) is 2. The summed E-state index contributed by atoms with van der Waals surface area (Å²) in [7, 11) is 7.82. The van der Waals surface area contributed by atoms with Crippen molar-refractivity contribution < 1.29 is 23.7 Å². The first-order valence-corrected chi connectivity index (χ1v) is 10.9. The van der Waals surface area contributed by atoms with Gasteiger partial charge in [0.25, 0.3) is 0 Å². The van der Waals surface area contributed by atoms with Crippen LogP contribution in [0.4, 0.5) is 0 Å². The molecule has 2 aromatic rings. The zero-order chi connectivity index (χ0) is 24.9. The van der Waals surface area contributed by atoms with Crippen molar-refractivity contribution in [1.82, 2.24) is 0 Å². The normalized spacial score (nSPS) is 11.4. The van der Waals surface area contributed by atoms with Crippen LogP contribution in [0.2, 0.25) is 0 Å². The van der Waals surface area contributed by atoms with E-state index < -0.39 is 0 Å². The lowest BCUT2D eigenvalue weighted by Gasteiger charge is -2.16. The van der Waals surface area contributed by atoms with E-state index in [9.17, 15) is 5.26 Å². The molecule has 0 aromatic heterocycles. The molecule has 0 aliphatic carbocycles. The van der Waals surface area contributed by atoms with Crippen LogP contribution in [-0.4, -0.2) is 47.8 Å². The van der Waals surface area contributed by atoms with Crippen LogP contribution in [0.3, 0.4) is 0 Å². The van der Waals surface area contributed by atoms with Crippen LogP contribution in [0.5, 0.6) is 28.7 Å². The molecule has 0 heterocycles. The molecule has 0 atom stereocenters.